The average molecular weight is 215 g/mol. The smallest absolute Gasteiger partial charge is 0.222 e. The Labute approximate surface area is 93.5 Å². The Morgan fingerprint density at radius 3 is 2.33 bits per heavy atom. The summed E-state index contributed by atoms with van der Waals surface area (Å²) in [5, 5.41) is 8.62. The summed E-state index contributed by atoms with van der Waals surface area (Å²) < 4.78 is 0. The van der Waals surface area contributed by atoms with Crippen LogP contribution < -0.4 is 0 Å². The zero-order valence-corrected chi connectivity index (χ0v) is 10.5. The second-order valence-electron chi connectivity index (χ2n) is 4.66. The Morgan fingerprint density at radius 2 is 1.87 bits per heavy atom. The van der Waals surface area contributed by atoms with Crippen molar-refractivity contribution in [2.24, 2.45) is 5.92 Å². The molecule has 0 aromatic carbocycles. The Kier molecular flexibility index (Phi) is 7.39. The molecule has 0 saturated carbocycles. The number of unbranched alkanes of at least 4 members (excludes halogenated alkanes) is 1. The molecule has 90 valence electrons. The van der Waals surface area contributed by atoms with E-state index in [9.17, 15) is 4.79 Å². The number of aliphatic hydroxyl groups excluding tert-OH is 1. The molecule has 0 aliphatic carbocycles. The van der Waals surface area contributed by atoms with Crippen LogP contribution in [0, 0.1) is 5.92 Å². The van der Waals surface area contributed by atoms with Gasteiger partial charge in [0.25, 0.3) is 0 Å². The molecule has 0 bridgehead atoms. The third-order valence-corrected chi connectivity index (χ3v) is 2.67. The van der Waals surface area contributed by atoms with E-state index in [4.69, 9.17) is 5.11 Å². The van der Waals surface area contributed by atoms with E-state index < -0.39 is 0 Å². The van der Waals surface area contributed by atoms with Crippen LogP contribution in [0.25, 0.3) is 0 Å². The molecule has 15 heavy (non-hydrogen) atoms. The van der Waals surface area contributed by atoms with Gasteiger partial charge in [0.15, 0.2) is 0 Å². The number of carbonyl (C=O) groups is 1. The summed E-state index contributed by atoms with van der Waals surface area (Å²) in [5.41, 5.74) is 0. The van der Waals surface area contributed by atoms with E-state index in [1.807, 2.05) is 11.9 Å². The number of carbonyl (C=O) groups excluding carboxylic acids is 1. The first-order chi connectivity index (χ1) is 6.99. The van der Waals surface area contributed by atoms with Gasteiger partial charge in [0, 0.05) is 26.1 Å². The van der Waals surface area contributed by atoms with Crippen LogP contribution in [0.1, 0.15) is 46.5 Å². The molecule has 0 radical (unpaired) electrons. The first-order valence-electron chi connectivity index (χ1n) is 5.85. The van der Waals surface area contributed by atoms with Gasteiger partial charge in [0.1, 0.15) is 0 Å². The van der Waals surface area contributed by atoms with Gasteiger partial charge in [0.2, 0.25) is 5.91 Å². The Hall–Kier alpha value is -0.570. The molecule has 0 aromatic rings. The minimum absolute atomic E-state index is 0.179. The fraction of sp³-hybridized carbons (Fsp3) is 0.917. The number of hydrogen-bond acceptors (Lipinski definition) is 2. The van der Waals surface area contributed by atoms with Crippen LogP contribution in [0.5, 0.6) is 0 Å². The Bertz CT molecular complexity index is 180. The third kappa shape index (κ3) is 6.50. The maximum atomic E-state index is 11.7. The highest BCUT2D eigenvalue weighted by atomic mass is 16.3. The zero-order chi connectivity index (χ0) is 11.8. The van der Waals surface area contributed by atoms with Gasteiger partial charge in [-0.15, -0.1) is 0 Å². The van der Waals surface area contributed by atoms with E-state index in [0.717, 1.165) is 19.3 Å². The van der Waals surface area contributed by atoms with E-state index in [2.05, 4.69) is 20.8 Å². The van der Waals surface area contributed by atoms with Crippen LogP contribution in [0.2, 0.25) is 0 Å². The van der Waals surface area contributed by atoms with Gasteiger partial charge in [-0.3, -0.25) is 4.79 Å². The predicted octanol–water partition coefficient (Wildman–Crippen LogP) is 2.04. The van der Waals surface area contributed by atoms with Crippen LogP contribution in [0.4, 0.5) is 0 Å². The lowest BCUT2D eigenvalue weighted by Crippen LogP contribution is -2.35. The molecule has 0 saturated heterocycles. The summed E-state index contributed by atoms with van der Waals surface area (Å²) in [5.74, 6) is 0.810. The normalized spacial score (nSPS) is 12.9. The van der Waals surface area contributed by atoms with Crippen molar-refractivity contribution < 1.29 is 9.90 Å². The van der Waals surface area contributed by atoms with Crippen molar-refractivity contribution in [3.8, 4) is 0 Å². The molecule has 0 spiro atoms. The molecule has 1 N–H and O–H groups in total. The Balaban J connectivity index is 3.85. The highest BCUT2D eigenvalue weighted by Crippen LogP contribution is 2.11. The van der Waals surface area contributed by atoms with Crippen molar-refractivity contribution in [1.82, 2.24) is 4.90 Å². The van der Waals surface area contributed by atoms with Gasteiger partial charge in [-0.1, -0.05) is 13.8 Å². The molecule has 0 aliphatic heterocycles. The highest BCUT2D eigenvalue weighted by molar-refractivity contribution is 5.76. The third-order valence-electron chi connectivity index (χ3n) is 2.67. The van der Waals surface area contributed by atoms with Crippen LogP contribution in [-0.2, 0) is 4.79 Å². The fourth-order valence-corrected chi connectivity index (χ4v) is 1.65. The van der Waals surface area contributed by atoms with Crippen LogP contribution in [0.3, 0.4) is 0 Å². The van der Waals surface area contributed by atoms with Crippen molar-refractivity contribution in [3.05, 3.63) is 0 Å². The van der Waals surface area contributed by atoms with Gasteiger partial charge in [-0.05, 0) is 32.1 Å². The lowest BCUT2D eigenvalue weighted by molar-refractivity contribution is -0.132. The van der Waals surface area contributed by atoms with Gasteiger partial charge in [0.05, 0.1) is 0 Å². The van der Waals surface area contributed by atoms with Crippen LogP contribution in [0.15, 0.2) is 0 Å². The van der Waals surface area contributed by atoms with Gasteiger partial charge in [-0.2, -0.15) is 0 Å². The molecule has 3 nitrogen and oxygen atoms in total. The molecule has 0 aromatic heterocycles. The molecular weight excluding hydrogens is 190 g/mol. The summed E-state index contributed by atoms with van der Waals surface area (Å²) >= 11 is 0. The minimum atomic E-state index is 0.179. The molecule has 0 aliphatic rings. The molecule has 1 amide bonds. The quantitative estimate of drug-likeness (QED) is 0.660. The van der Waals surface area contributed by atoms with Gasteiger partial charge >= 0.3 is 0 Å². The summed E-state index contributed by atoms with van der Waals surface area (Å²) in [6, 6.07) is 0.312. The van der Waals surface area contributed by atoms with E-state index in [0.29, 0.717) is 18.4 Å². The summed E-state index contributed by atoms with van der Waals surface area (Å²) in [4.78, 5) is 13.5. The largest absolute Gasteiger partial charge is 0.396 e. The molecule has 1 unspecified atom stereocenters. The highest BCUT2D eigenvalue weighted by Gasteiger charge is 2.15. The molecule has 1 atom stereocenters. The average Bonchev–Trinajstić information content (AvgIpc) is 2.15. The van der Waals surface area contributed by atoms with Gasteiger partial charge < -0.3 is 10.0 Å². The predicted molar refractivity (Wildman–Crippen MR) is 62.6 cm³/mol. The van der Waals surface area contributed by atoms with Crippen molar-refractivity contribution in [1.29, 1.82) is 0 Å². The summed E-state index contributed by atoms with van der Waals surface area (Å²) in [7, 11) is 1.87. The SMILES string of the molecule is CC(C)CC(C)N(C)C(=O)CCCCO. The molecule has 3 heteroatoms. The molecule has 0 heterocycles. The van der Waals surface area contributed by atoms with E-state index in [1.165, 1.54) is 0 Å². The second-order valence-corrected chi connectivity index (χ2v) is 4.66. The van der Waals surface area contributed by atoms with Crippen LogP contribution in [-0.4, -0.2) is 35.6 Å². The minimum Gasteiger partial charge on any atom is -0.396 e. The lowest BCUT2D eigenvalue weighted by Gasteiger charge is -2.26. The number of aliphatic hydroxyl groups is 1. The zero-order valence-electron chi connectivity index (χ0n) is 10.5. The van der Waals surface area contributed by atoms with Crippen molar-refractivity contribution >= 4 is 5.91 Å². The number of hydrogen-bond donors (Lipinski definition) is 1. The first kappa shape index (κ1) is 14.4. The van der Waals surface area contributed by atoms with Gasteiger partial charge in [-0.25, -0.2) is 0 Å². The van der Waals surface area contributed by atoms with E-state index in [1.54, 1.807) is 0 Å². The molecule has 0 fully saturated rings. The maximum absolute atomic E-state index is 11.7. The first-order valence-corrected chi connectivity index (χ1v) is 5.85. The summed E-state index contributed by atoms with van der Waals surface area (Å²) in [6.07, 6.45) is 3.11. The summed E-state index contributed by atoms with van der Waals surface area (Å²) in [6.45, 7) is 6.60. The number of rotatable bonds is 7. The lowest BCUT2D eigenvalue weighted by atomic mass is 10.0. The Morgan fingerprint density at radius 1 is 1.27 bits per heavy atom. The molecular formula is C12H25NO2. The number of amides is 1. The standard InChI is InChI=1S/C12H25NO2/c1-10(2)9-11(3)13(4)12(15)7-5-6-8-14/h10-11,14H,5-9H2,1-4H3. The molecule has 0 rings (SSSR count). The van der Waals surface area contributed by atoms with Crippen molar-refractivity contribution in [2.45, 2.75) is 52.5 Å². The van der Waals surface area contributed by atoms with E-state index in [-0.39, 0.29) is 12.5 Å². The fourth-order valence-electron chi connectivity index (χ4n) is 1.65. The monoisotopic (exact) mass is 215 g/mol. The van der Waals surface area contributed by atoms with Crippen molar-refractivity contribution in [2.75, 3.05) is 13.7 Å². The van der Waals surface area contributed by atoms with Crippen LogP contribution >= 0.6 is 0 Å². The number of nitrogens with zero attached hydrogens (tertiary/aromatic N) is 1. The second kappa shape index (κ2) is 7.69. The maximum Gasteiger partial charge on any atom is 0.222 e. The topological polar surface area (TPSA) is 40.5 Å². The van der Waals surface area contributed by atoms with E-state index >= 15 is 0 Å². The van der Waals surface area contributed by atoms with Crippen molar-refractivity contribution in [3.63, 3.8) is 0 Å².